The average Bonchev–Trinajstić information content (AvgIpc) is 2.96. The summed E-state index contributed by atoms with van der Waals surface area (Å²) in [6.07, 6.45) is 3.77. The lowest BCUT2D eigenvalue weighted by atomic mass is 10.2. The molecule has 0 saturated carbocycles. The number of thiazole rings is 1. The van der Waals surface area contributed by atoms with Gasteiger partial charge in [0.05, 0.1) is 11.0 Å². The van der Waals surface area contributed by atoms with Crippen molar-refractivity contribution in [2.45, 2.75) is 25.8 Å². The fraction of sp³-hybridized carbons (Fsp3) is 0.364. The largest absolute Gasteiger partial charge is 0.271 e. The number of hydrogen-bond donors (Lipinski definition) is 2. The van der Waals surface area contributed by atoms with Gasteiger partial charge in [-0.1, -0.05) is 6.92 Å². The lowest BCUT2D eigenvalue weighted by Gasteiger charge is -2.12. The van der Waals surface area contributed by atoms with Crippen LogP contribution >= 0.6 is 22.7 Å². The van der Waals surface area contributed by atoms with Crippen LogP contribution in [0.15, 0.2) is 23.7 Å². The van der Waals surface area contributed by atoms with E-state index in [9.17, 15) is 0 Å². The molecule has 1 atom stereocenters. The normalized spacial score (nSPS) is 12.9. The van der Waals surface area contributed by atoms with Crippen LogP contribution in [0, 0.1) is 0 Å². The molecule has 2 aromatic heterocycles. The predicted octanol–water partition coefficient (Wildman–Crippen LogP) is 2.51. The van der Waals surface area contributed by atoms with Crippen molar-refractivity contribution in [3.05, 3.63) is 38.5 Å². The summed E-state index contributed by atoms with van der Waals surface area (Å²) < 4.78 is 0. The van der Waals surface area contributed by atoms with Gasteiger partial charge in [-0.25, -0.2) is 4.98 Å². The Labute approximate surface area is 103 Å². The van der Waals surface area contributed by atoms with Gasteiger partial charge in [-0.2, -0.15) is 0 Å². The van der Waals surface area contributed by atoms with E-state index in [0.717, 1.165) is 17.8 Å². The highest BCUT2D eigenvalue weighted by Gasteiger charge is 2.14. The SMILES string of the molecule is CCc1ccc(C(Cc2nccs2)NN)s1. The first kappa shape index (κ1) is 11.7. The minimum absolute atomic E-state index is 0.177. The van der Waals surface area contributed by atoms with E-state index in [4.69, 9.17) is 5.84 Å². The number of aryl methyl sites for hydroxylation is 1. The summed E-state index contributed by atoms with van der Waals surface area (Å²) in [6.45, 7) is 2.17. The van der Waals surface area contributed by atoms with Gasteiger partial charge in [0.2, 0.25) is 0 Å². The Morgan fingerprint density at radius 2 is 2.38 bits per heavy atom. The molecule has 0 bridgehead atoms. The number of thiophene rings is 1. The van der Waals surface area contributed by atoms with E-state index in [2.05, 4.69) is 29.5 Å². The van der Waals surface area contributed by atoms with Crippen molar-refractivity contribution in [1.82, 2.24) is 10.4 Å². The molecule has 5 heteroatoms. The van der Waals surface area contributed by atoms with Gasteiger partial charge >= 0.3 is 0 Å². The third kappa shape index (κ3) is 2.68. The van der Waals surface area contributed by atoms with Crippen LogP contribution in [0.3, 0.4) is 0 Å². The smallest absolute Gasteiger partial charge is 0.0944 e. The zero-order valence-corrected chi connectivity index (χ0v) is 10.8. The van der Waals surface area contributed by atoms with Crippen molar-refractivity contribution >= 4 is 22.7 Å². The standard InChI is InChI=1S/C11H15N3S2/c1-2-8-3-4-10(16-8)9(14-12)7-11-13-5-6-15-11/h3-6,9,14H,2,7,12H2,1H3. The molecule has 0 fully saturated rings. The maximum absolute atomic E-state index is 5.61. The summed E-state index contributed by atoms with van der Waals surface area (Å²) in [7, 11) is 0. The third-order valence-electron chi connectivity index (χ3n) is 2.44. The van der Waals surface area contributed by atoms with E-state index in [1.165, 1.54) is 9.75 Å². The number of hydrogen-bond acceptors (Lipinski definition) is 5. The molecule has 0 aromatic carbocycles. The molecule has 0 spiro atoms. The molecule has 0 aliphatic rings. The van der Waals surface area contributed by atoms with E-state index in [0.29, 0.717) is 0 Å². The first-order valence-corrected chi connectivity index (χ1v) is 6.96. The van der Waals surface area contributed by atoms with Crippen molar-refractivity contribution in [2.24, 2.45) is 5.84 Å². The van der Waals surface area contributed by atoms with Gasteiger partial charge in [-0.05, 0) is 18.6 Å². The van der Waals surface area contributed by atoms with Crippen LogP contribution in [0.5, 0.6) is 0 Å². The summed E-state index contributed by atoms with van der Waals surface area (Å²) in [5, 5.41) is 3.11. The lowest BCUT2D eigenvalue weighted by Crippen LogP contribution is -2.28. The highest BCUT2D eigenvalue weighted by Crippen LogP contribution is 2.26. The number of aromatic nitrogens is 1. The van der Waals surface area contributed by atoms with Crippen LogP contribution in [-0.2, 0) is 12.8 Å². The molecule has 0 aliphatic heterocycles. The second-order valence-corrected chi connectivity index (χ2v) is 5.69. The van der Waals surface area contributed by atoms with Crippen molar-refractivity contribution in [1.29, 1.82) is 0 Å². The minimum atomic E-state index is 0.177. The molecule has 0 saturated heterocycles. The Kier molecular flexibility index (Phi) is 4.06. The zero-order chi connectivity index (χ0) is 11.4. The third-order valence-corrected chi connectivity index (χ3v) is 4.58. The second-order valence-electron chi connectivity index (χ2n) is 3.51. The number of hydrazine groups is 1. The van der Waals surface area contributed by atoms with Gasteiger partial charge in [0, 0.05) is 27.8 Å². The Morgan fingerprint density at radius 3 is 2.94 bits per heavy atom. The first-order valence-electron chi connectivity index (χ1n) is 5.26. The summed E-state index contributed by atoms with van der Waals surface area (Å²) in [6, 6.07) is 4.50. The molecule has 86 valence electrons. The lowest BCUT2D eigenvalue weighted by molar-refractivity contribution is 0.559. The van der Waals surface area contributed by atoms with Gasteiger partial charge in [0.1, 0.15) is 0 Å². The second kappa shape index (κ2) is 5.54. The molecular weight excluding hydrogens is 238 g/mol. The molecule has 2 heterocycles. The van der Waals surface area contributed by atoms with Crippen LogP contribution in [0.25, 0.3) is 0 Å². The van der Waals surface area contributed by atoms with Crippen LogP contribution in [-0.4, -0.2) is 4.98 Å². The molecule has 3 nitrogen and oxygen atoms in total. The quantitative estimate of drug-likeness (QED) is 0.636. The van der Waals surface area contributed by atoms with Gasteiger partial charge in [-0.3, -0.25) is 11.3 Å². The van der Waals surface area contributed by atoms with E-state index < -0.39 is 0 Å². The monoisotopic (exact) mass is 253 g/mol. The van der Waals surface area contributed by atoms with Crippen molar-refractivity contribution in [3.63, 3.8) is 0 Å². The Morgan fingerprint density at radius 1 is 1.50 bits per heavy atom. The molecule has 0 aliphatic carbocycles. The zero-order valence-electron chi connectivity index (χ0n) is 9.14. The van der Waals surface area contributed by atoms with Gasteiger partial charge in [0.15, 0.2) is 0 Å². The maximum atomic E-state index is 5.61. The summed E-state index contributed by atoms with van der Waals surface area (Å²) >= 11 is 3.49. The molecule has 0 radical (unpaired) electrons. The summed E-state index contributed by atoms with van der Waals surface area (Å²) in [4.78, 5) is 6.97. The number of nitrogens with two attached hydrogens (primary N) is 1. The number of rotatable bonds is 5. The Balaban J connectivity index is 2.10. The molecule has 1 unspecified atom stereocenters. The van der Waals surface area contributed by atoms with Crippen molar-refractivity contribution in [2.75, 3.05) is 0 Å². The molecule has 2 aromatic rings. The van der Waals surface area contributed by atoms with Gasteiger partial charge in [0.25, 0.3) is 0 Å². The Hall–Kier alpha value is -0.750. The summed E-state index contributed by atoms with van der Waals surface area (Å²) in [5.74, 6) is 5.61. The van der Waals surface area contributed by atoms with Gasteiger partial charge < -0.3 is 0 Å². The van der Waals surface area contributed by atoms with E-state index in [1.54, 1.807) is 11.3 Å². The van der Waals surface area contributed by atoms with Crippen LogP contribution in [0.1, 0.15) is 27.7 Å². The van der Waals surface area contributed by atoms with Crippen LogP contribution < -0.4 is 11.3 Å². The fourth-order valence-corrected chi connectivity index (χ4v) is 3.22. The van der Waals surface area contributed by atoms with Crippen molar-refractivity contribution in [3.8, 4) is 0 Å². The minimum Gasteiger partial charge on any atom is -0.271 e. The maximum Gasteiger partial charge on any atom is 0.0944 e. The highest BCUT2D eigenvalue weighted by atomic mass is 32.1. The molecular formula is C11H15N3S2. The number of nitrogens with one attached hydrogen (secondary N) is 1. The molecule has 16 heavy (non-hydrogen) atoms. The molecule has 2 rings (SSSR count). The summed E-state index contributed by atoms with van der Waals surface area (Å²) in [5.41, 5.74) is 2.87. The average molecular weight is 253 g/mol. The molecule has 0 amide bonds. The first-order chi connectivity index (χ1) is 7.83. The van der Waals surface area contributed by atoms with Gasteiger partial charge in [-0.15, -0.1) is 22.7 Å². The van der Waals surface area contributed by atoms with Crippen molar-refractivity contribution < 1.29 is 0 Å². The molecule has 3 N–H and O–H groups in total. The predicted molar refractivity (Wildman–Crippen MR) is 69.6 cm³/mol. The van der Waals surface area contributed by atoms with Crippen LogP contribution in [0.2, 0.25) is 0 Å². The van der Waals surface area contributed by atoms with Crippen LogP contribution in [0.4, 0.5) is 0 Å². The highest BCUT2D eigenvalue weighted by molar-refractivity contribution is 7.12. The van der Waals surface area contributed by atoms with E-state index in [1.807, 2.05) is 22.9 Å². The fourth-order valence-electron chi connectivity index (χ4n) is 1.54. The van der Waals surface area contributed by atoms with E-state index in [-0.39, 0.29) is 6.04 Å². The Bertz CT molecular complexity index is 422. The topological polar surface area (TPSA) is 50.9 Å². The number of nitrogens with zero attached hydrogens (tertiary/aromatic N) is 1. The van der Waals surface area contributed by atoms with E-state index >= 15 is 0 Å².